The van der Waals surface area contributed by atoms with Crippen molar-refractivity contribution in [3.8, 4) is 5.75 Å². The Bertz CT molecular complexity index is 515. The molecule has 0 atom stereocenters. The molecule has 9 heteroatoms. The Hall–Kier alpha value is -1.96. The molecule has 5 nitrogen and oxygen atoms in total. The molecule has 0 aliphatic carbocycles. The summed E-state index contributed by atoms with van der Waals surface area (Å²) in [5.41, 5.74) is 0.213. The van der Waals surface area contributed by atoms with E-state index in [4.69, 9.17) is 11.6 Å². The van der Waals surface area contributed by atoms with E-state index < -0.39 is 18.2 Å². The summed E-state index contributed by atoms with van der Waals surface area (Å²) in [6, 6.07) is 4.53. The molecule has 0 spiro atoms. The molecule has 0 aromatic heterocycles. The van der Waals surface area contributed by atoms with E-state index in [1.807, 2.05) is 0 Å². The fourth-order valence-corrected chi connectivity index (χ4v) is 1.11. The summed E-state index contributed by atoms with van der Waals surface area (Å²) < 4.78 is 39.5. The van der Waals surface area contributed by atoms with Crippen LogP contribution in [0.3, 0.4) is 0 Å². The molecule has 0 bridgehead atoms. The van der Waals surface area contributed by atoms with Crippen molar-refractivity contribution in [3.63, 3.8) is 0 Å². The Kier molecular flexibility index (Phi) is 5.83. The maximum absolute atomic E-state index is 12.0. The molecule has 1 aromatic rings. The molecule has 1 N–H and O–H groups in total. The number of alkyl halides is 3. The lowest BCUT2D eigenvalue weighted by Crippen LogP contribution is -2.17. The van der Waals surface area contributed by atoms with Crippen LogP contribution in [0, 0.1) is 5.92 Å². The first-order valence-electron chi connectivity index (χ1n) is 5.74. The van der Waals surface area contributed by atoms with Crippen LogP contribution in [0.25, 0.3) is 0 Å². The van der Waals surface area contributed by atoms with Crippen molar-refractivity contribution in [2.75, 3.05) is 5.32 Å². The van der Waals surface area contributed by atoms with E-state index in [-0.39, 0.29) is 16.8 Å². The highest BCUT2D eigenvalue weighted by molar-refractivity contribution is 6.65. The van der Waals surface area contributed by atoms with Gasteiger partial charge in [-0.15, -0.1) is 13.2 Å². The van der Waals surface area contributed by atoms with Gasteiger partial charge in [-0.05, 0) is 24.3 Å². The number of benzene rings is 1. The van der Waals surface area contributed by atoms with Crippen molar-refractivity contribution < 1.29 is 27.5 Å². The highest BCUT2D eigenvalue weighted by atomic mass is 35.5. The molecule has 0 aliphatic heterocycles. The van der Waals surface area contributed by atoms with Gasteiger partial charge in [0.2, 0.25) is 0 Å². The minimum atomic E-state index is -4.77. The Morgan fingerprint density at radius 2 is 1.86 bits per heavy atom. The van der Waals surface area contributed by atoms with Gasteiger partial charge in [0.1, 0.15) is 10.9 Å². The molecule has 0 saturated heterocycles. The van der Waals surface area contributed by atoms with E-state index in [1.165, 1.54) is 12.1 Å². The van der Waals surface area contributed by atoms with Crippen LogP contribution >= 0.6 is 11.6 Å². The number of anilines is 1. The van der Waals surface area contributed by atoms with Crippen LogP contribution in [0.4, 0.5) is 23.7 Å². The van der Waals surface area contributed by atoms with Crippen LogP contribution in [0.15, 0.2) is 29.4 Å². The monoisotopic (exact) mass is 324 g/mol. The number of rotatable bonds is 4. The summed E-state index contributed by atoms with van der Waals surface area (Å²) in [6.07, 6.45) is -5.69. The quantitative estimate of drug-likeness (QED) is 0.509. The minimum absolute atomic E-state index is 0.0988. The Balaban J connectivity index is 2.56. The number of ether oxygens (including phenoxy) is 1. The van der Waals surface area contributed by atoms with Crippen LogP contribution in [0.1, 0.15) is 13.8 Å². The van der Waals surface area contributed by atoms with Crippen molar-refractivity contribution in [3.05, 3.63) is 24.3 Å². The number of hydrogen-bond acceptors (Lipinski definition) is 4. The average Bonchev–Trinajstić information content (AvgIpc) is 2.36. The SMILES string of the molecule is CC(C)/C(Cl)=N/OC(=O)Nc1ccc(OC(F)(F)F)cc1. The van der Waals surface area contributed by atoms with Gasteiger partial charge in [0.05, 0.1) is 0 Å². The lowest BCUT2D eigenvalue weighted by Gasteiger charge is -2.09. The largest absolute Gasteiger partial charge is 0.573 e. The normalized spacial score (nSPS) is 12.2. The molecule has 1 amide bonds. The Labute approximate surface area is 123 Å². The van der Waals surface area contributed by atoms with Gasteiger partial charge >= 0.3 is 12.5 Å². The van der Waals surface area contributed by atoms with E-state index in [1.54, 1.807) is 13.8 Å². The van der Waals surface area contributed by atoms with Gasteiger partial charge < -0.3 is 4.74 Å². The topological polar surface area (TPSA) is 59.9 Å². The lowest BCUT2D eigenvalue weighted by atomic mass is 10.2. The van der Waals surface area contributed by atoms with Gasteiger partial charge in [-0.2, -0.15) is 0 Å². The number of nitrogens with zero attached hydrogens (tertiary/aromatic N) is 1. The second-order valence-corrected chi connectivity index (χ2v) is 4.53. The van der Waals surface area contributed by atoms with E-state index in [2.05, 4.69) is 20.0 Å². The number of carbonyl (C=O) groups is 1. The Morgan fingerprint density at radius 1 is 1.29 bits per heavy atom. The van der Waals surface area contributed by atoms with Crippen LogP contribution in [-0.4, -0.2) is 17.6 Å². The summed E-state index contributed by atoms with van der Waals surface area (Å²) in [5, 5.41) is 5.76. The molecule has 116 valence electrons. The summed E-state index contributed by atoms with van der Waals surface area (Å²) in [7, 11) is 0. The van der Waals surface area contributed by atoms with E-state index >= 15 is 0 Å². The first-order valence-corrected chi connectivity index (χ1v) is 6.12. The predicted molar refractivity (Wildman–Crippen MR) is 71.4 cm³/mol. The van der Waals surface area contributed by atoms with Crippen molar-refractivity contribution in [2.24, 2.45) is 11.1 Å². The molecule has 0 unspecified atom stereocenters. The molecular formula is C12H12ClF3N2O3. The number of amides is 1. The van der Waals surface area contributed by atoms with Gasteiger partial charge in [-0.1, -0.05) is 30.6 Å². The highest BCUT2D eigenvalue weighted by Gasteiger charge is 2.30. The van der Waals surface area contributed by atoms with Crippen molar-refractivity contribution in [2.45, 2.75) is 20.2 Å². The Morgan fingerprint density at radius 3 is 2.33 bits per heavy atom. The lowest BCUT2D eigenvalue weighted by molar-refractivity contribution is -0.274. The maximum atomic E-state index is 12.0. The van der Waals surface area contributed by atoms with Crippen LogP contribution in [0.5, 0.6) is 5.75 Å². The third kappa shape index (κ3) is 6.84. The molecule has 0 saturated carbocycles. The van der Waals surface area contributed by atoms with E-state index in [9.17, 15) is 18.0 Å². The summed E-state index contributed by atoms with van der Waals surface area (Å²) in [5.74, 6) is -0.499. The number of hydrogen-bond donors (Lipinski definition) is 1. The van der Waals surface area contributed by atoms with Gasteiger partial charge in [0.25, 0.3) is 0 Å². The molecular weight excluding hydrogens is 313 g/mol. The molecule has 0 radical (unpaired) electrons. The second kappa shape index (κ2) is 7.16. The van der Waals surface area contributed by atoms with Crippen molar-refractivity contribution in [1.29, 1.82) is 0 Å². The van der Waals surface area contributed by atoms with Gasteiger partial charge in [-0.3, -0.25) is 10.2 Å². The smallest absolute Gasteiger partial charge is 0.406 e. The molecule has 0 heterocycles. The first kappa shape index (κ1) is 17.1. The predicted octanol–water partition coefficient (Wildman–Crippen LogP) is 4.34. The summed E-state index contributed by atoms with van der Waals surface area (Å²) in [6.45, 7) is 3.51. The third-order valence-electron chi connectivity index (χ3n) is 2.03. The fraction of sp³-hybridized carbons (Fsp3) is 0.333. The molecule has 1 rings (SSSR count). The second-order valence-electron chi connectivity index (χ2n) is 4.14. The van der Waals surface area contributed by atoms with E-state index in [0.717, 1.165) is 12.1 Å². The summed E-state index contributed by atoms with van der Waals surface area (Å²) >= 11 is 5.67. The maximum Gasteiger partial charge on any atom is 0.573 e. The number of halogens is 4. The molecule has 0 fully saturated rings. The molecule has 21 heavy (non-hydrogen) atoms. The van der Waals surface area contributed by atoms with Gasteiger partial charge in [0, 0.05) is 11.6 Å². The summed E-state index contributed by atoms with van der Waals surface area (Å²) in [4.78, 5) is 15.8. The third-order valence-corrected chi connectivity index (χ3v) is 2.53. The molecule has 1 aromatic carbocycles. The highest BCUT2D eigenvalue weighted by Crippen LogP contribution is 2.23. The van der Waals surface area contributed by atoms with Crippen LogP contribution in [-0.2, 0) is 4.84 Å². The van der Waals surface area contributed by atoms with Crippen LogP contribution < -0.4 is 10.1 Å². The number of carbonyl (C=O) groups excluding carboxylic acids is 1. The zero-order chi connectivity index (χ0) is 16.0. The zero-order valence-corrected chi connectivity index (χ0v) is 11.8. The number of nitrogens with one attached hydrogen (secondary N) is 1. The van der Waals surface area contributed by atoms with E-state index in [0.29, 0.717) is 0 Å². The van der Waals surface area contributed by atoms with Gasteiger partial charge in [0.15, 0.2) is 0 Å². The zero-order valence-electron chi connectivity index (χ0n) is 11.1. The van der Waals surface area contributed by atoms with Gasteiger partial charge in [-0.25, -0.2) is 4.79 Å². The average molecular weight is 325 g/mol. The van der Waals surface area contributed by atoms with Crippen molar-refractivity contribution in [1.82, 2.24) is 0 Å². The minimum Gasteiger partial charge on any atom is -0.406 e. The van der Waals surface area contributed by atoms with Crippen molar-refractivity contribution >= 4 is 28.6 Å². The standard InChI is InChI=1S/C12H12ClF3N2O3/c1-7(2)10(13)18-21-11(19)17-8-3-5-9(6-4-8)20-12(14,15)16/h3-7H,1-2H3,(H,17,19)/b18-10-. The fourth-order valence-electron chi connectivity index (χ4n) is 1.07. The molecule has 0 aliphatic rings. The van der Waals surface area contributed by atoms with Crippen LogP contribution in [0.2, 0.25) is 0 Å². The first-order chi connectivity index (χ1) is 9.67. The number of oxime groups is 1.